The second-order valence-electron chi connectivity index (χ2n) is 21.7. The first-order chi connectivity index (χ1) is 33.0. The first-order valence-electron chi connectivity index (χ1n) is 29.7. The number of amides is 1. The predicted molar refractivity (Wildman–Crippen MR) is 295 cm³/mol. The zero-order chi connectivity index (χ0) is 49.9. The van der Waals surface area contributed by atoms with E-state index >= 15 is 0 Å². The van der Waals surface area contributed by atoms with Crippen LogP contribution in [0.3, 0.4) is 0 Å². The van der Waals surface area contributed by atoms with Gasteiger partial charge in [0.15, 0.2) is 0 Å². The molecule has 0 radical (unpaired) electrons. The smallest absolute Gasteiger partial charge is 0.391 e. The molecular formula is C59H118N2O6P+. The van der Waals surface area contributed by atoms with Crippen molar-refractivity contribution in [3.63, 3.8) is 0 Å². The van der Waals surface area contributed by atoms with E-state index in [1.54, 1.807) is 0 Å². The van der Waals surface area contributed by atoms with E-state index in [0.29, 0.717) is 23.9 Å². The summed E-state index contributed by atoms with van der Waals surface area (Å²) in [5, 5.41) is 13.8. The average molecular weight is 983 g/mol. The number of carbonyl (C=O) groups excluding carboxylic acids is 1. The molecule has 0 bridgehead atoms. The minimum Gasteiger partial charge on any atom is -0.391 e. The summed E-state index contributed by atoms with van der Waals surface area (Å²) in [6.45, 7) is 4.81. The molecule has 9 heteroatoms. The molecule has 0 aliphatic heterocycles. The third kappa shape index (κ3) is 52.8. The number of allylic oxidation sites excluding steroid dienone is 4. The molecule has 0 spiro atoms. The van der Waals surface area contributed by atoms with Crippen LogP contribution in [0.2, 0.25) is 0 Å². The molecule has 3 unspecified atom stereocenters. The van der Waals surface area contributed by atoms with Gasteiger partial charge in [0.1, 0.15) is 13.2 Å². The predicted octanol–water partition coefficient (Wildman–Crippen LogP) is 18.0. The van der Waals surface area contributed by atoms with Gasteiger partial charge in [-0.2, -0.15) is 0 Å². The van der Waals surface area contributed by atoms with Gasteiger partial charge >= 0.3 is 7.82 Å². The molecule has 3 N–H and O–H groups in total. The maximum atomic E-state index is 12.8. The van der Waals surface area contributed by atoms with Crippen molar-refractivity contribution in [1.29, 1.82) is 0 Å². The van der Waals surface area contributed by atoms with Gasteiger partial charge in [-0.3, -0.25) is 13.8 Å². The van der Waals surface area contributed by atoms with Crippen molar-refractivity contribution >= 4 is 13.7 Å². The van der Waals surface area contributed by atoms with Gasteiger partial charge in [-0.25, -0.2) is 4.57 Å². The summed E-state index contributed by atoms with van der Waals surface area (Å²) in [5.41, 5.74) is 0. The summed E-state index contributed by atoms with van der Waals surface area (Å²) in [7, 11) is 1.62. The second kappa shape index (κ2) is 50.9. The number of likely N-dealkylation sites (N-methyl/N-ethyl adjacent to an activating group) is 1. The number of carbonyl (C=O) groups is 1. The Labute approximate surface area is 424 Å². The van der Waals surface area contributed by atoms with E-state index in [0.717, 1.165) is 57.8 Å². The summed E-state index contributed by atoms with van der Waals surface area (Å²) in [6, 6.07) is -0.753. The first-order valence-corrected chi connectivity index (χ1v) is 31.2. The number of aliphatic hydroxyl groups is 1. The molecule has 0 fully saturated rings. The monoisotopic (exact) mass is 982 g/mol. The van der Waals surface area contributed by atoms with Gasteiger partial charge < -0.3 is 19.8 Å². The second-order valence-corrected chi connectivity index (χ2v) is 23.2. The van der Waals surface area contributed by atoms with Crippen molar-refractivity contribution in [1.82, 2.24) is 5.32 Å². The van der Waals surface area contributed by atoms with E-state index in [1.807, 2.05) is 21.1 Å². The molecule has 0 saturated heterocycles. The zero-order valence-corrected chi connectivity index (χ0v) is 47.0. The molecule has 0 heterocycles. The van der Waals surface area contributed by atoms with Gasteiger partial charge in [0.2, 0.25) is 5.91 Å². The highest BCUT2D eigenvalue weighted by molar-refractivity contribution is 7.47. The third-order valence-corrected chi connectivity index (χ3v) is 14.7. The molecule has 1 amide bonds. The zero-order valence-electron chi connectivity index (χ0n) is 46.1. The van der Waals surface area contributed by atoms with E-state index in [-0.39, 0.29) is 19.1 Å². The maximum Gasteiger partial charge on any atom is 0.472 e. The molecule has 0 aliphatic carbocycles. The van der Waals surface area contributed by atoms with Gasteiger partial charge in [0, 0.05) is 6.42 Å². The lowest BCUT2D eigenvalue weighted by Crippen LogP contribution is -2.46. The summed E-state index contributed by atoms with van der Waals surface area (Å²) >= 11 is 0. The number of aliphatic hydroxyl groups excluding tert-OH is 1. The van der Waals surface area contributed by atoms with Crippen LogP contribution in [-0.2, 0) is 18.4 Å². The average Bonchev–Trinajstić information content (AvgIpc) is 3.30. The number of quaternary nitrogens is 1. The molecule has 0 saturated carbocycles. The van der Waals surface area contributed by atoms with Crippen molar-refractivity contribution < 1.29 is 32.9 Å². The minimum absolute atomic E-state index is 0.0763. The number of phosphoric ester groups is 1. The molecule has 0 rings (SSSR count). The minimum atomic E-state index is -4.30. The van der Waals surface area contributed by atoms with Crippen LogP contribution in [-0.4, -0.2) is 73.4 Å². The van der Waals surface area contributed by atoms with Crippen molar-refractivity contribution in [2.24, 2.45) is 0 Å². The molecule has 0 aromatic rings. The van der Waals surface area contributed by atoms with Crippen LogP contribution >= 0.6 is 7.82 Å². The maximum absolute atomic E-state index is 12.8. The highest BCUT2D eigenvalue weighted by atomic mass is 31.2. The van der Waals surface area contributed by atoms with Crippen LogP contribution < -0.4 is 5.32 Å². The lowest BCUT2D eigenvalue weighted by molar-refractivity contribution is -0.870. The molecular weight excluding hydrogens is 864 g/mol. The lowest BCUT2D eigenvalue weighted by Gasteiger charge is -2.26. The molecule has 3 atom stereocenters. The lowest BCUT2D eigenvalue weighted by atomic mass is 10.0. The fraction of sp³-hybridized carbons (Fsp3) is 0.915. The van der Waals surface area contributed by atoms with Gasteiger partial charge in [-0.1, -0.05) is 269 Å². The van der Waals surface area contributed by atoms with Gasteiger partial charge in [0.25, 0.3) is 0 Å². The van der Waals surface area contributed by atoms with Gasteiger partial charge in [-0.15, -0.1) is 0 Å². The van der Waals surface area contributed by atoms with E-state index < -0.39 is 20.0 Å². The van der Waals surface area contributed by atoms with E-state index in [4.69, 9.17) is 9.05 Å². The van der Waals surface area contributed by atoms with Crippen molar-refractivity contribution in [3.05, 3.63) is 24.3 Å². The summed E-state index contributed by atoms with van der Waals surface area (Å²) in [4.78, 5) is 23.0. The Morgan fingerprint density at radius 3 is 1.21 bits per heavy atom. The topological polar surface area (TPSA) is 105 Å². The molecule has 8 nitrogen and oxygen atoms in total. The Morgan fingerprint density at radius 1 is 0.500 bits per heavy atom. The highest BCUT2D eigenvalue weighted by Crippen LogP contribution is 2.43. The number of unbranched alkanes of at least 4 members (excludes halogenated alkanes) is 38. The number of hydrogen-bond acceptors (Lipinski definition) is 5. The number of nitrogens with zero attached hydrogens (tertiary/aromatic N) is 1. The molecule has 0 aromatic heterocycles. The number of rotatable bonds is 55. The number of hydrogen-bond donors (Lipinski definition) is 3. The summed E-state index contributed by atoms with van der Waals surface area (Å²) in [5.74, 6) is -0.146. The van der Waals surface area contributed by atoms with Crippen molar-refractivity contribution in [2.45, 2.75) is 309 Å². The highest BCUT2D eigenvalue weighted by Gasteiger charge is 2.28. The number of nitrogens with one attached hydrogen (secondary N) is 1. The summed E-state index contributed by atoms with van der Waals surface area (Å²) < 4.78 is 23.5. The standard InChI is InChI=1S/C59H117N2O6P/c1-6-8-10-12-13-14-15-16-17-18-19-20-21-22-23-24-25-26-27-28-29-30-31-32-33-34-35-36-37-38-39-40-41-42-43-44-45-46-47-49-51-53-59(63)60-57(58(62)52-50-48-11-9-7-2)56-67-68(64,65)66-55-54-61(3,4)5/h15-16,18-19,57-58,62H,6-14,17,20-56H2,1-5H3,(H-,60,63,64,65)/p+1/b16-15-,19-18-. The molecule has 404 valence electrons. The van der Waals surface area contributed by atoms with Crippen LogP contribution in [0.5, 0.6) is 0 Å². The summed E-state index contributed by atoms with van der Waals surface area (Å²) in [6.07, 6.45) is 64.8. The normalized spacial score (nSPS) is 14.0. The van der Waals surface area contributed by atoms with Gasteiger partial charge in [0.05, 0.1) is 39.9 Å². The molecule has 68 heavy (non-hydrogen) atoms. The Balaban J connectivity index is 3.61. The Hall–Kier alpha value is -1.02. The van der Waals surface area contributed by atoms with Crippen LogP contribution in [0.1, 0.15) is 296 Å². The first kappa shape index (κ1) is 67.0. The van der Waals surface area contributed by atoms with E-state index in [1.165, 1.54) is 212 Å². The quantitative estimate of drug-likeness (QED) is 0.0243. The third-order valence-electron chi connectivity index (χ3n) is 13.7. The largest absolute Gasteiger partial charge is 0.472 e. The fourth-order valence-corrected chi connectivity index (χ4v) is 9.76. The van der Waals surface area contributed by atoms with Crippen molar-refractivity contribution in [2.75, 3.05) is 40.9 Å². The molecule has 0 aromatic carbocycles. The van der Waals surface area contributed by atoms with Crippen LogP contribution in [0, 0.1) is 0 Å². The van der Waals surface area contributed by atoms with Crippen molar-refractivity contribution in [3.8, 4) is 0 Å². The molecule has 0 aliphatic rings. The number of phosphoric acid groups is 1. The Morgan fingerprint density at radius 2 is 0.838 bits per heavy atom. The Kier molecular flexibility index (Phi) is 50.1. The van der Waals surface area contributed by atoms with E-state index in [9.17, 15) is 19.4 Å². The Bertz CT molecular complexity index is 1160. The fourth-order valence-electron chi connectivity index (χ4n) is 9.02. The van der Waals surface area contributed by atoms with Crippen LogP contribution in [0.25, 0.3) is 0 Å². The van der Waals surface area contributed by atoms with Crippen LogP contribution in [0.15, 0.2) is 24.3 Å². The van der Waals surface area contributed by atoms with Gasteiger partial charge in [-0.05, 0) is 44.9 Å². The van der Waals surface area contributed by atoms with E-state index in [2.05, 4.69) is 43.5 Å². The SMILES string of the molecule is CCCCCCC/C=C\C/C=C\CCCCCCCCCCCCCCCCCCCCCCCCCCCCCCCC(=O)NC(COP(=O)(O)OCC[N+](C)(C)C)C(O)CCCCCCC. The van der Waals surface area contributed by atoms with Crippen LogP contribution in [0.4, 0.5) is 0 Å².